The molecule has 0 saturated heterocycles. The molecular formula is C13H15NOS. The summed E-state index contributed by atoms with van der Waals surface area (Å²) in [4.78, 5) is 12.0. The van der Waals surface area contributed by atoms with Gasteiger partial charge in [-0.1, -0.05) is 30.3 Å². The van der Waals surface area contributed by atoms with Gasteiger partial charge in [0.2, 0.25) is 0 Å². The summed E-state index contributed by atoms with van der Waals surface area (Å²) in [6.07, 6.45) is 2.89. The van der Waals surface area contributed by atoms with Gasteiger partial charge in [0.15, 0.2) is 5.78 Å². The summed E-state index contributed by atoms with van der Waals surface area (Å²) in [5.41, 5.74) is 7.61. The molecule has 1 heterocycles. The molecule has 2 rings (SSSR count). The fourth-order valence-corrected chi connectivity index (χ4v) is 2.58. The van der Waals surface area contributed by atoms with E-state index in [1.54, 1.807) is 11.8 Å². The van der Waals surface area contributed by atoms with Gasteiger partial charge in [-0.2, -0.15) is 0 Å². The molecule has 0 fully saturated rings. The Hall–Kier alpha value is -1.06. The second-order valence-electron chi connectivity index (χ2n) is 4.01. The van der Waals surface area contributed by atoms with Crippen LogP contribution in [0.1, 0.15) is 35.3 Å². The molecule has 1 aliphatic heterocycles. The molecule has 0 spiro atoms. The van der Waals surface area contributed by atoms with Gasteiger partial charge in [-0.3, -0.25) is 4.79 Å². The maximum Gasteiger partial charge on any atom is 0.176 e. The fourth-order valence-electron chi connectivity index (χ4n) is 1.69. The SMILES string of the molecule is CC(N)c1ccc(C(=O)C2CC=CS2)cc1. The molecule has 1 aliphatic rings. The summed E-state index contributed by atoms with van der Waals surface area (Å²) in [7, 11) is 0. The van der Waals surface area contributed by atoms with E-state index in [1.807, 2.05) is 42.7 Å². The molecule has 0 saturated carbocycles. The highest BCUT2D eigenvalue weighted by Crippen LogP contribution is 2.27. The highest BCUT2D eigenvalue weighted by molar-refractivity contribution is 8.03. The van der Waals surface area contributed by atoms with Crippen molar-refractivity contribution in [2.45, 2.75) is 24.6 Å². The first-order valence-corrected chi connectivity index (χ1v) is 6.33. The second-order valence-corrected chi connectivity index (χ2v) is 5.12. The van der Waals surface area contributed by atoms with E-state index < -0.39 is 0 Å². The zero-order chi connectivity index (χ0) is 11.5. The van der Waals surface area contributed by atoms with E-state index >= 15 is 0 Å². The standard InChI is InChI=1S/C13H15NOS/c1-9(14)10-4-6-11(7-5-10)13(15)12-3-2-8-16-12/h2,4-9,12H,3,14H2,1H3. The molecule has 1 aromatic rings. The zero-order valence-corrected chi connectivity index (χ0v) is 10.0. The number of thioether (sulfide) groups is 1. The number of carbonyl (C=O) groups excluding carboxylic acids is 1. The number of allylic oxidation sites excluding steroid dienone is 1. The van der Waals surface area contributed by atoms with Gasteiger partial charge >= 0.3 is 0 Å². The van der Waals surface area contributed by atoms with Gasteiger partial charge in [0.1, 0.15) is 0 Å². The predicted molar refractivity (Wildman–Crippen MR) is 68.5 cm³/mol. The molecule has 0 aliphatic carbocycles. The summed E-state index contributed by atoms with van der Waals surface area (Å²) < 4.78 is 0. The molecule has 2 atom stereocenters. The first-order chi connectivity index (χ1) is 7.68. The van der Waals surface area contributed by atoms with Crippen LogP contribution in [0.4, 0.5) is 0 Å². The number of nitrogens with two attached hydrogens (primary N) is 1. The number of carbonyl (C=O) groups is 1. The minimum atomic E-state index is 0.0201. The fraction of sp³-hybridized carbons (Fsp3) is 0.308. The monoisotopic (exact) mass is 233 g/mol. The lowest BCUT2D eigenvalue weighted by Crippen LogP contribution is -2.14. The Kier molecular flexibility index (Phi) is 3.46. The van der Waals surface area contributed by atoms with Crippen molar-refractivity contribution in [2.75, 3.05) is 0 Å². The van der Waals surface area contributed by atoms with Gasteiger partial charge in [-0.25, -0.2) is 0 Å². The number of rotatable bonds is 3. The molecule has 0 bridgehead atoms. The van der Waals surface area contributed by atoms with Gasteiger partial charge < -0.3 is 5.73 Å². The van der Waals surface area contributed by atoms with E-state index in [2.05, 4.69) is 0 Å². The van der Waals surface area contributed by atoms with Crippen LogP contribution in [-0.4, -0.2) is 11.0 Å². The number of Topliss-reactive ketones (excluding diaryl/α,β-unsaturated/α-hetero) is 1. The lowest BCUT2D eigenvalue weighted by molar-refractivity contribution is 0.0990. The van der Waals surface area contributed by atoms with E-state index in [1.165, 1.54) is 0 Å². The van der Waals surface area contributed by atoms with Crippen LogP contribution in [0.15, 0.2) is 35.7 Å². The quantitative estimate of drug-likeness (QED) is 0.816. The Labute approximate surface area is 99.9 Å². The summed E-state index contributed by atoms with van der Waals surface area (Å²) in [6.45, 7) is 1.94. The maximum atomic E-state index is 12.0. The van der Waals surface area contributed by atoms with Crippen molar-refractivity contribution in [3.8, 4) is 0 Å². The Morgan fingerprint density at radius 3 is 2.62 bits per heavy atom. The minimum Gasteiger partial charge on any atom is -0.324 e. The average Bonchev–Trinajstić information content (AvgIpc) is 2.81. The molecule has 2 unspecified atom stereocenters. The number of hydrogen-bond donors (Lipinski definition) is 1. The van der Waals surface area contributed by atoms with Crippen LogP contribution in [-0.2, 0) is 0 Å². The second kappa shape index (κ2) is 4.85. The molecule has 84 valence electrons. The molecule has 3 heteroatoms. The Bertz CT molecular complexity index is 400. The number of benzene rings is 1. The first kappa shape index (κ1) is 11.4. The van der Waals surface area contributed by atoms with Crippen LogP contribution in [0.3, 0.4) is 0 Å². The van der Waals surface area contributed by atoms with Crippen molar-refractivity contribution < 1.29 is 4.79 Å². The molecule has 0 radical (unpaired) electrons. The minimum absolute atomic E-state index is 0.0201. The van der Waals surface area contributed by atoms with Gasteiger partial charge in [-0.15, -0.1) is 11.8 Å². The van der Waals surface area contributed by atoms with Crippen LogP contribution in [0.5, 0.6) is 0 Å². The van der Waals surface area contributed by atoms with Gasteiger partial charge in [0.05, 0.1) is 5.25 Å². The Morgan fingerprint density at radius 2 is 2.12 bits per heavy atom. The van der Waals surface area contributed by atoms with Crippen LogP contribution < -0.4 is 5.73 Å². The Balaban J connectivity index is 2.12. The summed E-state index contributed by atoms with van der Waals surface area (Å²) in [5, 5.41) is 2.07. The van der Waals surface area contributed by atoms with Gasteiger partial charge in [-0.05, 0) is 24.3 Å². The van der Waals surface area contributed by atoms with Crippen molar-refractivity contribution in [2.24, 2.45) is 5.73 Å². The molecule has 0 aromatic heterocycles. The molecule has 2 N–H and O–H groups in total. The lowest BCUT2D eigenvalue weighted by Gasteiger charge is -2.09. The van der Waals surface area contributed by atoms with Gasteiger partial charge in [0, 0.05) is 11.6 Å². The third kappa shape index (κ3) is 2.36. The van der Waals surface area contributed by atoms with Crippen LogP contribution >= 0.6 is 11.8 Å². The highest BCUT2D eigenvalue weighted by Gasteiger charge is 2.21. The summed E-state index contributed by atoms with van der Waals surface area (Å²) in [6, 6.07) is 7.64. The van der Waals surface area contributed by atoms with Crippen molar-refractivity contribution in [3.05, 3.63) is 46.9 Å². The molecule has 16 heavy (non-hydrogen) atoms. The molecule has 1 aromatic carbocycles. The van der Waals surface area contributed by atoms with Crippen molar-refractivity contribution in [1.82, 2.24) is 0 Å². The third-order valence-electron chi connectivity index (χ3n) is 2.70. The van der Waals surface area contributed by atoms with Crippen LogP contribution in [0.25, 0.3) is 0 Å². The van der Waals surface area contributed by atoms with Crippen molar-refractivity contribution >= 4 is 17.5 Å². The predicted octanol–water partition coefficient (Wildman–Crippen LogP) is 2.91. The van der Waals surface area contributed by atoms with E-state index in [0.717, 1.165) is 17.5 Å². The molecule has 0 amide bonds. The highest BCUT2D eigenvalue weighted by atomic mass is 32.2. The van der Waals surface area contributed by atoms with E-state index in [4.69, 9.17) is 5.73 Å². The molecular weight excluding hydrogens is 218 g/mol. The summed E-state index contributed by atoms with van der Waals surface area (Å²) in [5.74, 6) is 0.214. The Morgan fingerprint density at radius 1 is 1.44 bits per heavy atom. The largest absolute Gasteiger partial charge is 0.324 e. The first-order valence-electron chi connectivity index (χ1n) is 5.38. The van der Waals surface area contributed by atoms with E-state index in [9.17, 15) is 4.79 Å². The van der Waals surface area contributed by atoms with Gasteiger partial charge in [0.25, 0.3) is 0 Å². The average molecular weight is 233 g/mol. The van der Waals surface area contributed by atoms with Crippen molar-refractivity contribution in [3.63, 3.8) is 0 Å². The maximum absolute atomic E-state index is 12.0. The van der Waals surface area contributed by atoms with Crippen LogP contribution in [0.2, 0.25) is 0 Å². The van der Waals surface area contributed by atoms with E-state index in [0.29, 0.717) is 0 Å². The number of ketones is 1. The van der Waals surface area contributed by atoms with Crippen LogP contribution in [0, 0.1) is 0 Å². The molecule has 2 nitrogen and oxygen atoms in total. The smallest absolute Gasteiger partial charge is 0.176 e. The third-order valence-corrected chi connectivity index (χ3v) is 3.79. The summed E-state index contributed by atoms with van der Waals surface area (Å²) >= 11 is 1.60. The van der Waals surface area contributed by atoms with E-state index in [-0.39, 0.29) is 17.1 Å². The zero-order valence-electron chi connectivity index (χ0n) is 9.22. The normalized spacial score (nSPS) is 21.0. The lowest BCUT2D eigenvalue weighted by atomic mass is 10.0. The number of hydrogen-bond acceptors (Lipinski definition) is 3. The van der Waals surface area contributed by atoms with Crippen molar-refractivity contribution in [1.29, 1.82) is 0 Å². The topological polar surface area (TPSA) is 43.1 Å².